The predicted octanol–water partition coefficient (Wildman–Crippen LogP) is 5.45. The molecular formula is C23H28BrFN2O2S. The molecule has 2 aliphatic heterocycles. The number of alkyl halides is 1. The van der Waals surface area contributed by atoms with Gasteiger partial charge in [0.1, 0.15) is 11.6 Å². The van der Waals surface area contributed by atoms with E-state index in [9.17, 15) is 9.18 Å². The summed E-state index contributed by atoms with van der Waals surface area (Å²) in [5.41, 5.74) is 7.47. The van der Waals surface area contributed by atoms with Crippen LogP contribution in [-0.2, 0) is 6.54 Å². The minimum atomic E-state index is -0.158. The van der Waals surface area contributed by atoms with Crippen LogP contribution in [-0.4, -0.2) is 34.3 Å². The maximum absolute atomic E-state index is 14.5. The summed E-state index contributed by atoms with van der Waals surface area (Å²) in [6.45, 7) is 3.12. The van der Waals surface area contributed by atoms with E-state index in [2.05, 4.69) is 27.8 Å². The summed E-state index contributed by atoms with van der Waals surface area (Å²) in [6, 6.07) is 7.39. The summed E-state index contributed by atoms with van der Waals surface area (Å²) in [4.78, 5) is 16.4. The topological polar surface area (TPSA) is 55.6 Å². The molecule has 2 bridgehead atoms. The molecule has 0 spiro atoms. The van der Waals surface area contributed by atoms with Crippen molar-refractivity contribution < 1.29 is 13.9 Å². The Bertz CT molecular complexity index is 889. The second kappa shape index (κ2) is 9.37. The Kier molecular flexibility index (Phi) is 6.80. The third-order valence-electron chi connectivity index (χ3n) is 6.27. The second-order valence-corrected chi connectivity index (χ2v) is 10.9. The predicted molar refractivity (Wildman–Crippen MR) is 122 cm³/mol. The molecule has 2 aromatic rings. The van der Waals surface area contributed by atoms with E-state index in [0.717, 1.165) is 53.9 Å². The summed E-state index contributed by atoms with van der Waals surface area (Å²) in [6.07, 6.45) is 4.51. The molecule has 4 nitrogen and oxygen atoms in total. The van der Waals surface area contributed by atoms with E-state index in [4.69, 9.17) is 10.5 Å². The van der Waals surface area contributed by atoms with Gasteiger partial charge in [0, 0.05) is 34.9 Å². The molecule has 0 saturated carbocycles. The zero-order valence-electron chi connectivity index (χ0n) is 17.2. The molecule has 1 aromatic carbocycles. The molecule has 30 heavy (non-hydrogen) atoms. The molecule has 1 amide bonds. The number of hydrogen-bond donors (Lipinski definition) is 1. The van der Waals surface area contributed by atoms with Gasteiger partial charge in [0.25, 0.3) is 5.91 Å². The number of nitrogens with zero attached hydrogens (tertiary/aromatic N) is 1. The fourth-order valence-corrected chi connectivity index (χ4v) is 5.73. The van der Waals surface area contributed by atoms with Crippen LogP contribution in [0.25, 0.3) is 0 Å². The Hall–Kier alpha value is -1.44. The molecule has 162 valence electrons. The van der Waals surface area contributed by atoms with Gasteiger partial charge in [-0.2, -0.15) is 0 Å². The number of rotatable bonds is 7. The van der Waals surface area contributed by atoms with Crippen molar-refractivity contribution >= 4 is 33.2 Å². The first-order chi connectivity index (χ1) is 14.5. The number of amides is 1. The lowest BCUT2D eigenvalue weighted by molar-refractivity contribution is 0.0575. The highest BCUT2D eigenvalue weighted by Crippen LogP contribution is 2.45. The van der Waals surface area contributed by atoms with Crippen molar-refractivity contribution in [3.05, 3.63) is 51.5 Å². The smallest absolute Gasteiger partial charge is 0.264 e. The van der Waals surface area contributed by atoms with Crippen LogP contribution in [0.2, 0.25) is 0 Å². The quantitative estimate of drug-likeness (QED) is 0.520. The van der Waals surface area contributed by atoms with E-state index in [1.165, 1.54) is 17.4 Å². The number of benzene rings is 1. The molecule has 3 atom stereocenters. The monoisotopic (exact) mass is 494 g/mol. The number of ether oxygens (including phenoxy) is 1. The van der Waals surface area contributed by atoms with Crippen molar-refractivity contribution in [2.75, 3.05) is 6.61 Å². The van der Waals surface area contributed by atoms with E-state index in [1.54, 1.807) is 6.07 Å². The number of fused-ring (bicyclic) bond motifs is 2. The lowest BCUT2D eigenvalue weighted by atomic mass is 9.84. The van der Waals surface area contributed by atoms with Gasteiger partial charge in [-0.05, 0) is 55.2 Å². The van der Waals surface area contributed by atoms with Crippen LogP contribution >= 0.6 is 27.3 Å². The van der Waals surface area contributed by atoms with Gasteiger partial charge in [0.05, 0.1) is 11.5 Å². The van der Waals surface area contributed by atoms with E-state index in [1.807, 2.05) is 17.5 Å². The first kappa shape index (κ1) is 21.8. The zero-order valence-corrected chi connectivity index (χ0v) is 19.6. The SMILES string of the molecule is CC(Br)CCOc1csc(C(=O)N2C3CCC2CC(c2cc(CN)ccc2F)C3)c1. The van der Waals surface area contributed by atoms with Gasteiger partial charge in [0.15, 0.2) is 0 Å². The number of nitrogens with two attached hydrogens (primary N) is 1. The van der Waals surface area contributed by atoms with Crippen LogP contribution in [0.15, 0.2) is 29.6 Å². The molecule has 2 fully saturated rings. The molecule has 7 heteroatoms. The molecule has 0 aliphatic carbocycles. The van der Waals surface area contributed by atoms with Crippen molar-refractivity contribution in [2.24, 2.45) is 5.73 Å². The molecule has 3 unspecified atom stereocenters. The Labute approximate surface area is 189 Å². The minimum absolute atomic E-state index is 0.0887. The van der Waals surface area contributed by atoms with Crippen LogP contribution in [0.5, 0.6) is 5.75 Å². The molecule has 2 aliphatic rings. The van der Waals surface area contributed by atoms with Crippen molar-refractivity contribution in [2.45, 2.75) is 68.4 Å². The van der Waals surface area contributed by atoms with Crippen LogP contribution in [0.3, 0.4) is 0 Å². The average Bonchev–Trinajstić information content (AvgIpc) is 3.30. The summed E-state index contributed by atoms with van der Waals surface area (Å²) < 4.78 is 20.3. The number of carbonyl (C=O) groups is 1. The maximum Gasteiger partial charge on any atom is 0.264 e. The summed E-state index contributed by atoms with van der Waals surface area (Å²) >= 11 is 4.96. The lowest BCUT2D eigenvalue weighted by Gasteiger charge is -2.39. The van der Waals surface area contributed by atoms with Gasteiger partial charge in [-0.25, -0.2) is 4.39 Å². The highest BCUT2D eigenvalue weighted by atomic mass is 79.9. The van der Waals surface area contributed by atoms with E-state index >= 15 is 0 Å². The first-order valence-electron chi connectivity index (χ1n) is 10.6. The third-order valence-corrected chi connectivity index (χ3v) is 7.63. The molecule has 4 rings (SSSR count). The van der Waals surface area contributed by atoms with Crippen LogP contribution in [0.1, 0.15) is 65.7 Å². The standard InChI is InChI=1S/C23H28BrFN2O2S/c1-14(24)6-7-29-19-11-22(30-13-19)23(28)27-17-3-4-18(27)10-16(9-17)20-8-15(12-26)2-5-21(20)25/h2,5,8,11,13-14,16-18H,3-4,6-7,9-10,12,26H2,1H3. The summed E-state index contributed by atoms with van der Waals surface area (Å²) in [5, 5.41) is 1.91. The van der Waals surface area contributed by atoms with Gasteiger partial charge in [-0.15, -0.1) is 11.3 Å². The highest BCUT2D eigenvalue weighted by Gasteiger charge is 2.44. The highest BCUT2D eigenvalue weighted by molar-refractivity contribution is 9.09. The van der Waals surface area contributed by atoms with E-state index < -0.39 is 0 Å². The van der Waals surface area contributed by atoms with Gasteiger partial charge >= 0.3 is 0 Å². The zero-order chi connectivity index (χ0) is 21.3. The molecule has 2 N–H and O–H groups in total. The van der Waals surface area contributed by atoms with Crippen molar-refractivity contribution in [3.8, 4) is 5.75 Å². The Morgan fingerprint density at radius 2 is 2.07 bits per heavy atom. The Morgan fingerprint density at radius 1 is 1.33 bits per heavy atom. The largest absolute Gasteiger partial charge is 0.493 e. The third kappa shape index (κ3) is 4.58. The number of hydrogen-bond acceptors (Lipinski definition) is 4. The normalized spacial score (nSPS) is 24.1. The summed E-state index contributed by atoms with van der Waals surface area (Å²) in [5.74, 6) is 0.839. The van der Waals surface area contributed by atoms with E-state index in [0.29, 0.717) is 18.0 Å². The summed E-state index contributed by atoms with van der Waals surface area (Å²) in [7, 11) is 0. The van der Waals surface area contributed by atoms with Crippen molar-refractivity contribution in [3.63, 3.8) is 0 Å². The molecular weight excluding hydrogens is 467 g/mol. The van der Waals surface area contributed by atoms with E-state index in [-0.39, 0.29) is 29.7 Å². The maximum atomic E-state index is 14.5. The second-order valence-electron chi connectivity index (χ2n) is 8.39. The minimum Gasteiger partial charge on any atom is -0.493 e. The van der Waals surface area contributed by atoms with Gasteiger partial charge < -0.3 is 15.4 Å². The molecule has 2 saturated heterocycles. The molecule has 3 heterocycles. The molecule has 1 aromatic heterocycles. The van der Waals surface area contributed by atoms with Gasteiger partial charge in [-0.1, -0.05) is 35.0 Å². The number of piperidine rings is 1. The van der Waals surface area contributed by atoms with Crippen LogP contribution in [0, 0.1) is 5.82 Å². The number of halogens is 2. The fourth-order valence-electron chi connectivity index (χ4n) is 4.77. The van der Waals surface area contributed by atoms with Gasteiger partial charge in [-0.3, -0.25) is 4.79 Å². The van der Waals surface area contributed by atoms with Crippen molar-refractivity contribution in [1.82, 2.24) is 4.90 Å². The van der Waals surface area contributed by atoms with Gasteiger partial charge in [0.2, 0.25) is 0 Å². The van der Waals surface area contributed by atoms with Crippen LogP contribution < -0.4 is 10.5 Å². The Morgan fingerprint density at radius 3 is 2.73 bits per heavy atom. The van der Waals surface area contributed by atoms with Crippen molar-refractivity contribution in [1.29, 1.82) is 0 Å². The molecule has 0 radical (unpaired) electrons. The fraction of sp³-hybridized carbons (Fsp3) is 0.522. The number of carbonyl (C=O) groups excluding carboxylic acids is 1. The first-order valence-corrected chi connectivity index (χ1v) is 12.4. The average molecular weight is 495 g/mol. The van der Waals surface area contributed by atoms with Crippen LogP contribution in [0.4, 0.5) is 4.39 Å². The lowest BCUT2D eigenvalue weighted by Crippen LogP contribution is -2.45. The number of thiophene rings is 1. The Balaban J connectivity index is 1.44.